The first-order chi connectivity index (χ1) is 7.11. The molecule has 0 spiro atoms. The molecule has 1 aromatic heterocycles. The van der Waals surface area contributed by atoms with Gasteiger partial charge in [-0.2, -0.15) is 0 Å². The first-order valence-corrected chi connectivity index (χ1v) is 5.60. The van der Waals surface area contributed by atoms with Gasteiger partial charge in [0.05, 0.1) is 0 Å². The lowest BCUT2D eigenvalue weighted by Crippen LogP contribution is -2.21. The molecule has 1 heterocycles. The van der Waals surface area contributed by atoms with E-state index in [1.807, 2.05) is 6.92 Å². The van der Waals surface area contributed by atoms with Gasteiger partial charge in [0, 0.05) is 38.1 Å². The van der Waals surface area contributed by atoms with E-state index < -0.39 is 0 Å². The topological polar surface area (TPSA) is 37.2 Å². The summed E-state index contributed by atoms with van der Waals surface area (Å²) in [5, 5.41) is 12.3. The van der Waals surface area contributed by atoms with Gasteiger partial charge in [0.1, 0.15) is 0 Å². The number of hydrogen-bond acceptors (Lipinski definition) is 2. The highest BCUT2D eigenvalue weighted by Gasteiger charge is 2.02. The van der Waals surface area contributed by atoms with Crippen LogP contribution >= 0.6 is 0 Å². The first-order valence-electron chi connectivity index (χ1n) is 5.60. The smallest absolute Gasteiger partial charge is 0.0473 e. The highest BCUT2D eigenvalue weighted by Crippen LogP contribution is 2.05. The largest absolute Gasteiger partial charge is 0.396 e. The quantitative estimate of drug-likeness (QED) is 0.748. The van der Waals surface area contributed by atoms with Crippen LogP contribution in [0.1, 0.15) is 26.3 Å². The van der Waals surface area contributed by atoms with Crippen molar-refractivity contribution in [3.05, 3.63) is 24.0 Å². The zero-order valence-corrected chi connectivity index (χ0v) is 9.90. The van der Waals surface area contributed by atoms with Crippen molar-refractivity contribution in [1.82, 2.24) is 9.88 Å². The van der Waals surface area contributed by atoms with Crippen LogP contribution in [0.3, 0.4) is 0 Å². The van der Waals surface area contributed by atoms with E-state index in [9.17, 15) is 0 Å². The minimum Gasteiger partial charge on any atom is -0.396 e. The van der Waals surface area contributed by atoms with Crippen LogP contribution in [0.25, 0.3) is 0 Å². The number of hydrogen-bond donors (Lipinski definition) is 2. The Bertz CT molecular complexity index is 281. The Morgan fingerprint density at radius 2 is 2.13 bits per heavy atom. The Morgan fingerprint density at radius 3 is 2.73 bits per heavy atom. The Hall–Kier alpha value is -0.800. The standard InChI is InChI=1S/C12H22N2O/c1-10(2)13-6-12-4-5-14(8-12)7-11(3)9-15/h4-5,8,10-11,13,15H,6-7,9H2,1-3H3. The van der Waals surface area contributed by atoms with E-state index in [1.165, 1.54) is 5.56 Å². The molecule has 0 amide bonds. The maximum atomic E-state index is 8.95. The summed E-state index contributed by atoms with van der Waals surface area (Å²) in [7, 11) is 0. The van der Waals surface area contributed by atoms with Crippen molar-refractivity contribution in [2.24, 2.45) is 5.92 Å². The zero-order valence-electron chi connectivity index (χ0n) is 9.90. The minimum atomic E-state index is 0.248. The molecule has 0 saturated carbocycles. The Balaban J connectivity index is 2.42. The number of aromatic nitrogens is 1. The fourth-order valence-electron chi connectivity index (χ4n) is 1.45. The number of nitrogens with one attached hydrogen (secondary N) is 1. The highest BCUT2D eigenvalue weighted by atomic mass is 16.3. The molecule has 0 radical (unpaired) electrons. The van der Waals surface area contributed by atoms with Crippen LogP contribution in [-0.2, 0) is 13.1 Å². The lowest BCUT2D eigenvalue weighted by Gasteiger charge is -2.09. The van der Waals surface area contributed by atoms with Gasteiger partial charge in [0.25, 0.3) is 0 Å². The molecule has 1 unspecified atom stereocenters. The lowest BCUT2D eigenvalue weighted by atomic mass is 10.2. The average molecular weight is 210 g/mol. The van der Waals surface area contributed by atoms with Gasteiger partial charge in [-0.3, -0.25) is 0 Å². The van der Waals surface area contributed by atoms with Gasteiger partial charge >= 0.3 is 0 Å². The van der Waals surface area contributed by atoms with Crippen molar-refractivity contribution in [2.45, 2.75) is 39.9 Å². The van der Waals surface area contributed by atoms with Gasteiger partial charge in [-0.05, 0) is 17.5 Å². The fourth-order valence-corrected chi connectivity index (χ4v) is 1.45. The third-order valence-electron chi connectivity index (χ3n) is 2.36. The summed E-state index contributed by atoms with van der Waals surface area (Å²) >= 11 is 0. The molecule has 1 atom stereocenters. The second-order valence-corrected chi connectivity index (χ2v) is 4.54. The van der Waals surface area contributed by atoms with Crippen LogP contribution in [0.4, 0.5) is 0 Å². The lowest BCUT2D eigenvalue weighted by molar-refractivity contribution is 0.223. The molecule has 0 fully saturated rings. The van der Waals surface area contributed by atoms with Crippen molar-refractivity contribution in [2.75, 3.05) is 6.61 Å². The van der Waals surface area contributed by atoms with Crippen LogP contribution in [0.15, 0.2) is 18.5 Å². The minimum absolute atomic E-state index is 0.248. The van der Waals surface area contributed by atoms with Gasteiger partial charge < -0.3 is 15.0 Å². The third-order valence-corrected chi connectivity index (χ3v) is 2.36. The van der Waals surface area contributed by atoms with Gasteiger partial charge in [0.15, 0.2) is 0 Å². The fraction of sp³-hybridized carbons (Fsp3) is 0.667. The Kier molecular flexibility index (Phi) is 4.85. The molecule has 86 valence electrons. The second-order valence-electron chi connectivity index (χ2n) is 4.54. The molecular weight excluding hydrogens is 188 g/mol. The van der Waals surface area contributed by atoms with Crippen molar-refractivity contribution in [3.8, 4) is 0 Å². The van der Waals surface area contributed by atoms with Crippen molar-refractivity contribution < 1.29 is 5.11 Å². The van der Waals surface area contributed by atoms with Crippen LogP contribution in [-0.4, -0.2) is 22.3 Å². The zero-order chi connectivity index (χ0) is 11.3. The monoisotopic (exact) mass is 210 g/mol. The first kappa shape index (κ1) is 12.3. The van der Waals surface area contributed by atoms with E-state index in [0.717, 1.165) is 13.1 Å². The summed E-state index contributed by atoms with van der Waals surface area (Å²) in [6, 6.07) is 2.64. The molecule has 3 nitrogen and oxygen atoms in total. The molecule has 3 heteroatoms. The number of nitrogens with zero attached hydrogens (tertiary/aromatic N) is 1. The Labute approximate surface area is 92.1 Å². The third kappa shape index (κ3) is 4.49. The molecule has 0 aliphatic carbocycles. The molecular formula is C12H22N2O. The molecule has 0 bridgehead atoms. The average Bonchev–Trinajstić information content (AvgIpc) is 2.62. The van der Waals surface area contributed by atoms with Gasteiger partial charge in [-0.15, -0.1) is 0 Å². The van der Waals surface area contributed by atoms with Crippen LogP contribution < -0.4 is 5.32 Å². The summed E-state index contributed by atoms with van der Waals surface area (Å²) < 4.78 is 2.14. The molecule has 1 aromatic rings. The summed E-state index contributed by atoms with van der Waals surface area (Å²) in [6.07, 6.45) is 4.21. The summed E-state index contributed by atoms with van der Waals surface area (Å²) in [6.45, 7) is 8.38. The van der Waals surface area contributed by atoms with Crippen molar-refractivity contribution in [1.29, 1.82) is 0 Å². The number of aliphatic hydroxyl groups excluding tert-OH is 1. The van der Waals surface area contributed by atoms with Gasteiger partial charge in [-0.1, -0.05) is 20.8 Å². The van der Waals surface area contributed by atoms with Gasteiger partial charge in [-0.25, -0.2) is 0 Å². The van der Waals surface area contributed by atoms with Crippen molar-refractivity contribution in [3.63, 3.8) is 0 Å². The van der Waals surface area contributed by atoms with E-state index in [2.05, 4.69) is 42.2 Å². The summed E-state index contributed by atoms with van der Waals surface area (Å²) in [5.41, 5.74) is 1.30. The molecule has 1 rings (SSSR count). The maximum Gasteiger partial charge on any atom is 0.0473 e. The normalized spacial score (nSPS) is 13.4. The van der Waals surface area contributed by atoms with Crippen LogP contribution in [0.5, 0.6) is 0 Å². The predicted molar refractivity (Wildman–Crippen MR) is 62.7 cm³/mol. The Morgan fingerprint density at radius 1 is 1.40 bits per heavy atom. The SMILES string of the molecule is CC(CO)Cn1ccc(CNC(C)C)c1. The maximum absolute atomic E-state index is 8.95. The molecule has 0 aliphatic heterocycles. The molecule has 0 aliphatic rings. The summed E-state index contributed by atoms with van der Waals surface area (Å²) in [5.74, 6) is 0.323. The van der Waals surface area contributed by atoms with E-state index in [-0.39, 0.29) is 6.61 Å². The predicted octanol–water partition coefficient (Wildman–Crippen LogP) is 1.61. The van der Waals surface area contributed by atoms with E-state index in [1.54, 1.807) is 0 Å². The molecule has 2 N–H and O–H groups in total. The number of rotatable bonds is 6. The van der Waals surface area contributed by atoms with Crippen LogP contribution in [0.2, 0.25) is 0 Å². The molecule has 0 aromatic carbocycles. The second kappa shape index (κ2) is 5.93. The van der Waals surface area contributed by atoms with Crippen LogP contribution in [0, 0.1) is 5.92 Å². The van der Waals surface area contributed by atoms with Gasteiger partial charge in [0.2, 0.25) is 0 Å². The molecule has 15 heavy (non-hydrogen) atoms. The number of aliphatic hydroxyl groups is 1. The van der Waals surface area contributed by atoms with E-state index in [0.29, 0.717) is 12.0 Å². The van der Waals surface area contributed by atoms with E-state index in [4.69, 9.17) is 5.11 Å². The molecule has 0 saturated heterocycles. The highest BCUT2D eigenvalue weighted by molar-refractivity contribution is 5.10. The summed E-state index contributed by atoms with van der Waals surface area (Å²) in [4.78, 5) is 0. The van der Waals surface area contributed by atoms with E-state index >= 15 is 0 Å². The van der Waals surface area contributed by atoms with Crippen molar-refractivity contribution >= 4 is 0 Å².